The minimum atomic E-state index is -0.241. The molecule has 1 atom stereocenters. The van der Waals surface area contributed by atoms with Gasteiger partial charge in [0, 0.05) is 12.2 Å². The number of piperidine rings is 1. The van der Waals surface area contributed by atoms with Crippen LogP contribution in [-0.2, 0) is 4.74 Å². The number of nitrogens with two attached hydrogens (primary N) is 1. The first kappa shape index (κ1) is 13.7. The van der Waals surface area contributed by atoms with Gasteiger partial charge in [-0.05, 0) is 31.5 Å². The summed E-state index contributed by atoms with van der Waals surface area (Å²) in [6.07, 6.45) is 1.85. The van der Waals surface area contributed by atoms with E-state index in [0.717, 1.165) is 39.1 Å². The van der Waals surface area contributed by atoms with Gasteiger partial charge in [-0.1, -0.05) is 6.07 Å². The number of anilines is 1. The molecule has 0 saturated carbocycles. The van der Waals surface area contributed by atoms with Crippen molar-refractivity contribution in [1.29, 1.82) is 0 Å². The number of nitrogens with zero attached hydrogens (tertiary/aromatic N) is 2. The summed E-state index contributed by atoms with van der Waals surface area (Å²) in [6, 6.07) is 5.45. The minimum absolute atomic E-state index is 0.0684. The summed E-state index contributed by atoms with van der Waals surface area (Å²) in [7, 11) is 0. The van der Waals surface area contributed by atoms with Crippen molar-refractivity contribution in [1.82, 2.24) is 9.80 Å². The fourth-order valence-corrected chi connectivity index (χ4v) is 3.62. The normalized spacial score (nSPS) is 26.2. The van der Waals surface area contributed by atoms with Crippen molar-refractivity contribution in [3.63, 3.8) is 0 Å². The zero-order chi connectivity index (χ0) is 15.3. The van der Waals surface area contributed by atoms with Crippen LogP contribution in [0.5, 0.6) is 0 Å². The van der Waals surface area contributed by atoms with Gasteiger partial charge >= 0.3 is 0 Å². The summed E-state index contributed by atoms with van der Waals surface area (Å²) >= 11 is 0. The van der Waals surface area contributed by atoms with Crippen LogP contribution in [0.25, 0.3) is 0 Å². The molecule has 3 aliphatic heterocycles. The van der Waals surface area contributed by atoms with Crippen molar-refractivity contribution < 1.29 is 14.3 Å². The second-order valence-corrected chi connectivity index (χ2v) is 6.23. The predicted octanol–water partition coefficient (Wildman–Crippen LogP) is 0.728. The van der Waals surface area contributed by atoms with Crippen LogP contribution >= 0.6 is 0 Å². The zero-order valence-corrected chi connectivity index (χ0v) is 12.3. The Morgan fingerprint density at radius 3 is 2.64 bits per heavy atom. The highest BCUT2D eigenvalue weighted by Gasteiger charge is 2.43. The maximum atomic E-state index is 12.7. The fraction of sp³-hybridized carbons (Fsp3) is 0.500. The molecular formula is C16H19N3O3. The second-order valence-electron chi connectivity index (χ2n) is 6.23. The van der Waals surface area contributed by atoms with Gasteiger partial charge in [-0.25, -0.2) is 0 Å². The third kappa shape index (κ3) is 1.94. The van der Waals surface area contributed by atoms with Crippen LogP contribution in [0.15, 0.2) is 18.2 Å². The molecule has 1 aromatic carbocycles. The summed E-state index contributed by atoms with van der Waals surface area (Å²) in [4.78, 5) is 29.1. The Morgan fingerprint density at radius 2 is 1.95 bits per heavy atom. The highest BCUT2D eigenvalue weighted by molar-refractivity contribution is 6.23. The summed E-state index contributed by atoms with van der Waals surface area (Å²) in [6.45, 7) is 3.25. The van der Waals surface area contributed by atoms with Gasteiger partial charge in [0.1, 0.15) is 0 Å². The molecule has 4 rings (SSSR count). The van der Waals surface area contributed by atoms with E-state index in [1.165, 1.54) is 4.90 Å². The third-order valence-corrected chi connectivity index (χ3v) is 4.91. The number of nitrogen functional groups attached to an aromatic ring is 1. The van der Waals surface area contributed by atoms with E-state index < -0.39 is 0 Å². The van der Waals surface area contributed by atoms with Crippen LogP contribution < -0.4 is 5.73 Å². The average Bonchev–Trinajstić information content (AvgIpc) is 2.70. The first-order chi connectivity index (χ1) is 10.7. The van der Waals surface area contributed by atoms with E-state index in [0.29, 0.717) is 22.9 Å². The summed E-state index contributed by atoms with van der Waals surface area (Å²) in [5.41, 5.74) is 7.09. The highest BCUT2D eigenvalue weighted by Crippen LogP contribution is 2.32. The lowest BCUT2D eigenvalue weighted by Crippen LogP contribution is -2.57. The van der Waals surface area contributed by atoms with Gasteiger partial charge in [0.2, 0.25) is 0 Å². The lowest BCUT2D eigenvalue weighted by molar-refractivity contribution is -0.0767. The molecule has 2 N–H and O–H groups in total. The van der Waals surface area contributed by atoms with Crippen LogP contribution in [0.1, 0.15) is 33.6 Å². The third-order valence-electron chi connectivity index (χ3n) is 4.91. The molecule has 116 valence electrons. The molecule has 1 unspecified atom stereocenters. The van der Waals surface area contributed by atoms with Crippen molar-refractivity contribution in [3.05, 3.63) is 29.3 Å². The molecule has 2 fully saturated rings. The fourth-order valence-electron chi connectivity index (χ4n) is 3.62. The van der Waals surface area contributed by atoms with E-state index in [-0.39, 0.29) is 17.9 Å². The van der Waals surface area contributed by atoms with Gasteiger partial charge in [-0.2, -0.15) is 0 Å². The topological polar surface area (TPSA) is 75.9 Å². The van der Waals surface area contributed by atoms with Crippen molar-refractivity contribution >= 4 is 17.5 Å². The standard InChI is InChI=1S/C16H19N3O3/c17-13-5-1-4-12-14(13)16(21)19(15(12)20)10-3-2-6-18(7-10)11-8-22-9-11/h1,4-5,10-11H,2-3,6-9,17H2. The van der Waals surface area contributed by atoms with Crippen LogP contribution in [0, 0.1) is 0 Å². The SMILES string of the molecule is Nc1cccc2c1C(=O)N(C1CCCN(C3COC3)C1)C2=O. The molecule has 0 aromatic heterocycles. The maximum absolute atomic E-state index is 12.7. The number of carbonyl (C=O) groups is 2. The molecule has 0 spiro atoms. The van der Waals surface area contributed by atoms with E-state index in [1.807, 2.05) is 0 Å². The number of hydrogen-bond acceptors (Lipinski definition) is 5. The van der Waals surface area contributed by atoms with E-state index in [2.05, 4.69) is 4.90 Å². The average molecular weight is 301 g/mol. The smallest absolute Gasteiger partial charge is 0.263 e. The number of fused-ring (bicyclic) bond motifs is 1. The van der Waals surface area contributed by atoms with Crippen LogP contribution in [0.4, 0.5) is 5.69 Å². The number of ether oxygens (including phenoxy) is 1. The van der Waals surface area contributed by atoms with Gasteiger partial charge in [0.05, 0.1) is 36.4 Å². The number of likely N-dealkylation sites (tertiary alicyclic amines) is 1. The zero-order valence-electron chi connectivity index (χ0n) is 12.3. The van der Waals surface area contributed by atoms with Gasteiger partial charge in [0.25, 0.3) is 11.8 Å². The number of imide groups is 1. The molecule has 6 nitrogen and oxygen atoms in total. The number of rotatable bonds is 2. The Morgan fingerprint density at radius 1 is 1.14 bits per heavy atom. The Balaban J connectivity index is 1.59. The van der Waals surface area contributed by atoms with Gasteiger partial charge < -0.3 is 10.5 Å². The lowest BCUT2D eigenvalue weighted by atomic mass is 10.0. The van der Waals surface area contributed by atoms with Gasteiger partial charge in [0.15, 0.2) is 0 Å². The molecular weight excluding hydrogens is 282 g/mol. The molecule has 2 amide bonds. The summed E-state index contributed by atoms with van der Waals surface area (Å²) in [5.74, 6) is -0.446. The molecule has 2 saturated heterocycles. The molecule has 3 aliphatic rings. The van der Waals surface area contributed by atoms with E-state index in [4.69, 9.17) is 10.5 Å². The molecule has 0 bridgehead atoms. The first-order valence-corrected chi connectivity index (χ1v) is 7.75. The number of carbonyl (C=O) groups excluding carboxylic acids is 2. The largest absolute Gasteiger partial charge is 0.398 e. The Hall–Kier alpha value is -1.92. The highest BCUT2D eigenvalue weighted by atomic mass is 16.5. The number of benzene rings is 1. The first-order valence-electron chi connectivity index (χ1n) is 7.75. The lowest BCUT2D eigenvalue weighted by Gasteiger charge is -2.43. The number of amides is 2. The quantitative estimate of drug-likeness (QED) is 0.644. The van der Waals surface area contributed by atoms with Crippen molar-refractivity contribution in [2.45, 2.75) is 24.9 Å². The molecule has 22 heavy (non-hydrogen) atoms. The Kier molecular flexibility index (Phi) is 3.16. The van der Waals surface area contributed by atoms with Gasteiger partial charge in [-0.15, -0.1) is 0 Å². The Bertz CT molecular complexity index is 642. The molecule has 0 aliphatic carbocycles. The van der Waals surface area contributed by atoms with Crippen LogP contribution in [-0.4, -0.2) is 60.0 Å². The number of hydrogen-bond donors (Lipinski definition) is 1. The van der Waals surface area contributed by atoms with Crippen LogP contribution in [0.2, 0.25) is 0 Å². The van der Waals surface area contributed by atoms with E-state index in [9.17, 15) is 9.59 Å². The predicted molar refractivity (Wildman–Crippen MR) is 80.6 cm³/mol. The van der Waals surface area contributed by atoms with Gasteiger partial charge in [-0.3, -0.25) is 19.4 Å². The van der Waals surface area contributed by atoms with E-state index >= 15 is 0 Å². The maximum Gasteiger partial charge on any atom is 0.263 e. The van der Waals surface area contributed by atoms with Crippen LogP contribution in [0.3, 0.4) is 0 Å². The minimum Gasteiger partial charge on any atom is -0.398 e. The monoisotopic (exact) mass is 301 g/mol. The molecule has 0 radical (unpaired) electrons. The summed E-state index contributed by atoms with van der Waals surface area (Å²) in [5, 5.41) is 0. The van der Waals surface area contributed by atoms with E-state index in [1.54, 1.807) is 18.2 Å². The van der Waals surface area contributed by atoms with Crippen molar-refractivity contribution in [3.8, 4) is 0 Å². The molecule has 6 heteroatoms. The summed E-state index contributed by atoms with van der Waals surface area (Å²) < 4.78 is 5.25. The Labute approximate surface area is 128 Å². The molecule has 1 aromatic rings. The second kappa shape index (κ2) is 5.07. The molecule has 3 heterocycles. The van der Waals surface area contributed by atoms with Crippen molar-refractivity contribution in [2.24, 2.45) is 0 Å². The van der Waals surface area contributed by atoms with Crippen molar-refractivity contribution in [2.75, 3.05) is 32.0 Å².